The van der Waals surface area contributed by atoms with E-state index in [9.17, 15) is 4.79 Å². The van der Waals surface area contributed by atoms with Crippen LogP contribution in [0.15, 0.2) is 34.4 Å². The van der Waals surface area contributed by atoms with Crippen LogP contribution in [0, 0.1) is 0 Å². The maximum Gasteiger partial charge on any atom is 0.280 e. The summed E-state index contributed by atoms with van der Waals surface area (Å²) in [6.45, 7) is 0.411. The van der Waals surface area contributed by atoms with Gasteiger partial charge in [-0.05, 0) is 24.5 Å². The van der Waals surface area contributed by atoms with Crippen molar-refractivity contribution in [3.8, 4) is 11.6 Å². The van der Waals surface area contributed by atoms with Gasteiger partial charge in [-0.25, -0.2) is 4.98 Å². The second-order valence-electron chi connectivity index (χ2n) is 5.31. The van der Waals surface area contributed by atoms with Crippen molar-refractivity contribution in [1.82, 2.24) is 25.4 Å². The highest BCUT2D eigenvalue weighted by Gasteiger charge is 2.29. The van der Waals surface area contributed by atoms with Gasteiger partial charge in [-0.2, -0.15) is 4.98 Å². The van der Waals surface area contributed by atoms with Crippen LogP contribution in [0.25, 0.3) is 11.6 Å². The first-order chi connectivity index (χ1) is 11.3. The van der Waals surface area contributed by atoms with Gasteiger partial charge in [0.15, 0.2) is 10.8 Å². The molecule has 1 amide bonds. The third-order valence-corrected chi connectivity index (χ3v) is 4.32. The maximum absolute atomic E-state index is 12.1. The number of thiazole rings is 1. The van der Waals surface area contributed by atoms with Crippen LogP contribution >= 0.6 is 11.3 Å². The minimum atomic E-state index is -0.230. The van der Waals surface area contributed by atoms with E-state index in [4.69, 9.17) is 4.52 Å². The Balaban J connectivity index is 1.43. The summed E-state index contributed by atoms with van der Waals surface area (Å²) in [5.41, 5.74) is 1.48. The molecule has 1 saturated carbocycles. The zero-order valence-corrected chi connectivity index (χ0v) is 12.9. The van der Waals surface area contributed by atoms with Gasteiger partial charge in [-0.15, -0.1) is 11.3 Å². The Morgan fingerprint density at radius 3 is 3.09 bits per heavy atom. The van der Waals surface area contributed by atoms with Crippen molar-refractivity contribution in [2.24, 2.45) is 0 Å². The molecule has 1 aliphatic carbocycles. The van der Waals surface area contributed by atoms with E-state index in [-0.39, 0.29) is 5.91 Å². The second kappa shape index (κ2) is 5.88. The molecule has 0 saturated heterocycles. The molecule has 7 nitrogen and oxygen atoms in total. The number of carbonyl (C=O) groups excluding carboxylic acids is 1. The average Bonchev–Trinajstić information content (AvgIpc) is 3.12. The molecule has 116 valence electrons. The number of nitrogens with zero attached hydrogens (tertiary/aromatic N) is 4. The van der Waals surface area contributed by atoms with Gasteiger partial charge in [0.25, 0.3) is 11.8 Å². The SMILES string of the molecule is O=C(NCc1cccnc1)c1nc(-c2nc(C3CC3)no2)cs1. The highest BCUT2D eigenvalue weighted by Crippen LogP contribution is 2.38. The number of amides is 1. The minimum absolute atomic E-state index is 0.230. The smallest absolute Gasteiger partial charge is 0.280 e. The van der Waals surface area contributed by atoms with Crippen molar-refractivity contribution in [2.45, 2.75) is 25.3 Å². The summed E-state index contributed by atoms with van der Waals surface area (Å²) < 4.78 is 5.22. The van der Waals surface area contributed by atoms with Gasteiger partial charge in [-0.1, -0.05) is 11.2 Å². The molecule has 23 heavy (non-hydrogen) atoms. The molecular formula is C15H13N5O2S. The summed E-state index contributed by atoms with van der Waals surface area (Å²) in [5.74, 6) is 1.30. The molecule has 0 aliphatic heterocycles. The molecular weight excluding hydrogens is 314 g/mol. The van der Waals surface area contributed by atoms with Crippen molar-refractivity contribution >= 4 is 17.2 Å². The third-order valence-electron chi connectivity index (χ3n) is 3.48. The predicted octanol–water partition coefficient (Wildman–Crippen LogP) is 2.40. The van der Waals surface area contributed by atoms with Crippen molar-refractivity contribution in [3.63, 3.8) is 0 Å². The van der Waals surface area contributed by atoms with Crippen LogP contribution in [0.3, 0.4) is 0 Å². The lowest BCUT2D eigenvalue weighted by Crippen LogP contribution is -2.22. The van der Waals surface area contributed by atoms with Crippen LogP contribution < -0.4 is 5.32 Å². The van der Waals surface area contributed by atoms with Crippen LogP contribution in [0.1, 0.15) is 39.9 Å². The molecule has 3 aromatic heterocycles. The lowest BCUT2D eigenvalue weighted by atomic mass is 10.3. The molecule has 8 heteroatoms. The first-order valence-electron chi connectivity index (χ1n) is 7.26. The van der Waals surface area contributed by atoms with Crippen LogP contribution in [0.2, 0.25) is 0 Å². The number of carbonyl (C=O) groups is 1. The van der Waals surface area contributed by atoms with E-state index >= 15 is 0 Å². The molecule has 3 aromatic rings. The van der Waals surface area contributed by atoms with Crippen LogP contribution in [-0.2, 0) is 6.54 Å². The highest BCUT2D eigenvalue weighted by atomic mass is 32.1. The molecule has 0 unspecified atom stereocenters. The number of pyridine rings is 1. The summed E-state index contributed by atoms with van der Waals surface area (Å²) in [7, 11) is 0. The van der Waals surface area contributed by atoms with Crippen molar-refractivity contribution < 1.29 is 9.32 Å². The van der Waals surface area contributed by atoms with E-state index in [1.807, 2.05) is 12.1 Å². The Morgan fingerprint density at radius 2 is 2.30 bits per heavy atom. The number of hydrogen-bond donors (Lipinski definition) is 1. The minimum Gasteiger partial charge on any atom is -0.346 e. The Hall–Kier alpha value is -2.61. The molecule has 4 rings (SSSR count). The summed E-state index contributed by atoms with van der Waals surface area (Å²) in [5, 5.41) is 8.90. The standard InChI is InChI=1S/C15H13N5O2S/c21-13(17-7-9-2-1-5-16-6-9)15-18-11(8-23-15)14-19-12(20-22-14)10-3-4-10/h1-2,5-6,8,10H,3-4,7H2,(H,17,21). The maximum atomic E-state index is 12.1. The Morgan fingerprint density at radius 1 is 1.39 bits per heavy atom. The van der Waals surface area contributed by atoms with Gasteiger partial charge >= 0.3 is 0 Å². The van der Waals surface area contributed by atoms with Gasteiger partial charge in [-0.3, -0.25) is 9.78 Å². The quantitative estimate of drug-likeness (QED) is 0.773. The van der Waals surface area contributed by atoms with Gasteiger partial charge in [0, 0.05) is 30.2 Å². The first kappa shape index (κ1) is 14.0. The fourth-order valence-corrected chi connectivity index (χ4v) is 2.79. The van der Waals surface area contributed by atoms with Gasteiger partial charge < -0.3 is 9.84 Å². The monoisotopic (exact) mass is 327 g/mol. The summed E-state index contributed by atoms with van der Waals surface area (Å²) in [4.78, 5) is 24.8. The molecule has 1 fully saturated rings. The molecule has 0 bridgehead atoms. The van der Waals surface area contributed by atoms with E-state index in [0.717, 1.165) is 24.2 Å². The van der Waals surface area contributed by atoms with Crippen molar-refractivity contribution in [3.05, 3.63) is 46.3 Å². The van der Waals surface area contributed by atoms with Crippen molar-refractivity contribution in [1.29, 1.82) is 0 Å². The lowest BCUT2D eigenvalue weighted by Gasteiger charge is -2.01. The topological polar surface area (TPSA) is 93.8 Å². The number of aromatic nitrogens is 4. The molecule has 0 spiro atoms. The molecule has 0 radical (unpaired) electrons. The first-order valence-corrected chi connectivity index (χ1v) is 8.14. The average molecular weight is 327 g/mol. The largest absolute Gasteiger partial charge is 0.346 e. The molecule has 0 aromatic carbocycles. The van der Waals surface area contributed by atoms with E-state index in [2.05, 4.69) is 25.4 Å². The summed E-state index contributed by atoms with van der Waals surface area (Å²) in [6, 6.07) is 3.73. The van der Waals surface area contributed by atoms with Gasteiger partial charge in [0.1, 0.15) is 5.69 Å². The zero-order chi connectivity index (χ0) is 15.6. The van der Waals surface area contributed by atoms with E-state index < -0.39 is 0 Å². The van der Waals surface area contributed by atoms with Crippen molar-refractivity contribution in [2.75, 3.05) is 0 Å². The van der Waals surface area contributed by atoms with E-state index in [1.165, 1.54) is 11.3 Å². The number of nitrogens with one attached hydrogen (secondary N) is 1. The van der Waals surface area contributed by atoms with E-state index in [1.54, 1.807) is 17.8 Å². The molecule has 3 heterocycles. The summed E-state index contributed by atoms with van der Waals surface area (Å²) in [6.07, 6.45) is 5.63. The zero-order valence-electron chi connectivity index (χ0n) is 12.1. The highest BCUT2D eigenvalue weighted by molar-refractivity contribution is 7.12. The van der Waals surface area contributed by atoms with Crippen LogP contribution in [0.5, 0.6) is 0 Å². The van der Waals surface area contributed by atoms with Crippen LogP contribution in [0.4, 0.5) is 0 Å². The second-order valence-corrected chi connectivity index (χ2v) is 6.17. The fourth-order valence-electron chi connectivity index (χ4n) is 2.08. The molecule has 1 N–H and O–H groups in total. The van der Waals surface area contributed by atoms with E-state index in [0.29, 0.717) is 29.1 Å². The van der Waals surface area contributed by atoms with Crippen LogP contribution in [-0.4, -0.2) is 26.0 Å². The molecule has 0 atom stereocenters. The normalized spacial score (nSPS) is 13.9. The lowest BCUT2D eigenvalue weighted by molar-refractivity contribution is 0.0950. The number of hydrogen-bond acceptors (Lipinski definition) is 7. The molecule has 1 aliphatic rings. The fraction of sp³-hybridized carbons (Fsp3) is 0.267. The predicted molar refractivity (Wildman–Crippen MR) is 82.8 cm³/mol. The Labute approximate surface area is 135 Å². The Kier molecular flexibility index (Phi) is 3.58. The number of rotatable bonds is 5. The third kappa shape index (κ3) is 3.11. The summed E-state index contributed by atoms with van der Waals surface area (Å²) >= 11 is 1.25. The van der Waals surface area contributed by atoms with Gasteiger partial charge in [0.2, 0.25) is 0 Å². The van der Waals surface area contributed by atoms with Gasteiger partial charge in [0.05, 0.1) is 0 Å². The Bertz CT molecular complexity index is 825.